The maximum Gasteiger partial charge on any atom is 0.337 e. The van der Waals surface area contributed by atoms with Gasteiger partial charge in [-0.25, -0.2) is 9.48 Å². The molecule has 0 radical (unpaired) electrons. The van der Waals surface area contributed by atoms with Crippen LogP contribution in [0.5, 0.6) is 0 Å². The zero-order chi connectivity index (χ0) is 23.5. The summed E-state index contributed by atoms with van der Waals surface area (Å²) in [4.78, 5) is 12.4. The summed E-state index contributed by atoms with van der Waals surface area (Å²) in [5.41, 5.74) is 5.22. The Hall–Kier alpha value is -4.69. The Morgan fingerprint density at radius 1 is 0.971 bits per heavy atom. The van der Waals surface area contributed by atoms with Crippen molar-refractivity contribution in [3.63, 3.8) is 0 Å². The lowest BCUT2D eigenvalue weighted by molar-refractivity contribution is 0.0600. The third kappa shape index (κ3) is 3.94. The topological polar surface area (TPSA) is 57.0 Å². The first kappa shape index (κ1) is 21.2. The minimum absolute atomic E-state index is 0.368. The van der Waals surface area contributed by atoms with Gasteiger partial charge in [-0.1, -0.05) is 83.9 Å². The third-order valence-electron chi connectivity index (χ3n) is 5.78. The second-order valence-corrected chi connectivity index (χ2v) is 7.90. The van der Waals surface area contributed by atoms with E-state index >= 15 is 0 Å². The van der Waals surface area contributed by atoms with Crippen molar-refractivity contribution in [3.05, 3.63) is 108 Å². The van der Waals surface area contributed by atoms with Crippen molar-refractivity contribution >= 4 is 16.7 Å². The minimum Gasteiger partial charge on any atom is -0.465 e. The van der Waals surface area contributed by atoms with Crippen molar-refractivity contribution < 1.29 is 9.53 Å². The standard InChI is InChI=1S/C29H21N3O2/c1-3-21-16-23(29(33)34-2)17-26(27-19-32(31-30-27)18-20-10-5-4-6-11-20)28(21)25-15-9-13-22-12-7-8-14-24(22)25/h1,4-17,19H,18H2,2H3. The third-order valence-corrected chi connectivity index (χ3v) is 5.78. The molecule has 5 rings (SSSR count). The monoisotopic (exact) mass is 443 g/mol. The fourth-order valence-corrected chi connectivity index (χ4v) is 4.20. The molecule has 164 valence electrons. The van der Waals surface area contributed by atoms with Crippen molar-refractivity contribution in [1.29, 1.82) is 0 Å². The number of fused-ring (bicyclic) bond motifs is 1. The molecule has 5 aromatic rings. The molecule has 0 saturated heterocycles. The lowest BCUT2D eigenvalue weighted by atomic mass is 9.88. The van der Waals surface area contributed by atoms with Crippen LogP contribution in [0.4, 0.5) is 0 Å². The van der Waals surface area contributed by atoms with Crippen molar-refractivity contribution in [2.45, 2.75) is 6.54 Å². The molecule has 0 fully saturated rings. The SMILES string of the molecule is C#Cc1cc(C(=O)OC)cc(-c2cn(Cc3ccccc3)nn2)c1-c1cccc2ccccc12. The quantitative estimate of drug-likeness (QED) is 0.263. The Morgan fingerprint density at radius 2 is 1.74 bits per heavy atom. The van der Waals surface area contributed by atoms with Crippen LogP contribution in [-0.2, 0) is 11.3 Å². The number of ether oxygens (including phenoxy) is 1. The Labute approximate surface area is 197 Å². The van der Waals surface area contributed by atoms with Crippen LogP contribution in [0.3, 0.4) is 0 Å². The predicted molar refractivity (Wildman–Crippen MR) is 133 cm³/mol. The van der Waals surface area contributed by atoms with E-state index in [2.05, 4.69) is 34.4 Å². The molecular formula is C29H21N3O2. The summed E-state index contributed by atoms with van der Waals surface area (Å²) in [6.45, 7) is 0.579. The molecule has 0 saturated carbocycles. The van der Waals surface area contributed by atoms with Gasteiger partial charge in [-0.05, 0) is 34.0 Å². The lowest BCUT2D eigenvalue weighted by Crippen LogP contribution is -2.04. The number of aromatic nitrogens is 3. The molecule has 0 amide bonds. The minimum atomic E-state index is -0.459. The summed E-state index contributed by atoms with van der Waals surface area (Å²) in [6.07, 6.45) is 7.83. The zero-order valence-electron chi connectivity index (χ0n) is 18.6. The van der Waals surface area contributed by atoms with Crippen molar-refractivity contribution in [3.8, 4) is 34.7 Å². The van der Waals surface area contributed by atoms with Crippen molar-refractivity contribution in [2.75, 3.05) is 7.11 Å². The zero-order valence-corrected chi connectivity index (χ0v) is 18.6. The molecule has 0 bridgehead atoms. The summed E-state index contributed by atoms with van der Waals surface area (Å²) < 4.78 is 6.75. The summed E-state index contributed by atoms with van der Waals surface area (Å²) in [6, 6.07) is 27.7. The van der Waals surface area contributed by atoms with Crippen molar-refractivity contribution in [2.24, 2.45) is 0 Å². The van der Waals surface area contributed by atoms with E-state index in [0.717, 1.165) is 33.0 Å². The molecule has 0 aliphatic carbocycles. The first-order chi connectivity index (χ1) is 16.7. The van der Waals surface area contributed by atoms with E-state index in [-0.39, 0.29) is 0 Å². The summed E-state index contributed by atoms with van der Waals surface area (Å²) in [7, 11) is 1.35. The van der Waals surface area contributed by atoms with Gasteiger partial charge < -0.3 is 4.74 Å². The molecule has 0 aliphatic heterocycles. The molecule has 5 nitrogen and oxygen atoms in total. The number of hydrogen-bond acceptors (Lipinski definition) is 4. The fraction of sp³-hybridized carbons (Fsp3) is 0.0690. The van der Waals surface area contributed by atoms with Gasteiger partial charge in [0.05, 0.1) is 25.4 Å². The van der Waals surface area contributed by atoms with Gasteiger partial charge >= 0.3 is 5.97 Å². The number of hydrogen-bond donors (Lipinski definition) is 0. The molecule has 1 aromatic heterocycles. The van der Waals surface area contributed by atoms with E-state index in [1.54, 1.807) is 16.8 Å². The van der Waals surface area contributed by atoms with E-state index in [0.29, 0.717) is 23.4 Å². The second kappa shape index (κ2) is 9.05. The van der Waals surface area contributed by atoms with E-state index in [9.17, 15) is 4.79 Å². The van der Waals surface area contributed by atoms with Gasteiger partial charge in [-0.2, -0.15) is 0 Å². The average molecular weight is 444 g/mol. The van der Waals surface area contributed by atoms with Gasteiger partial charge in [-0.3, -0.25) is 0 Å². The van der Waals surface area contributed by atoms with Crippen LogP contribution in [0, 0.1) is 12.3 Å². The molecule has 34 heavy (non-hydrogen) atoms. The number of terminal acetylenes is 1. The van der Waals surface area contributed by atoms with Crippen LogP contribution in [-0.4, -0.2) is 28.1 Å². The van der Waals surface area contributed by atoms with Gasteiger partial charge in [0, 0.05) is 16.7 Å². The van der Waals surface area contributed by atoms with Gasteiger partial charge in [0.25, 0.3) is 0 Å². The van der Waals surface area contributed by atoms with E-state index in [1.165, 1.54) is 7.11 Å². The smallest absolute Gasteiger partial charge is 0.337 e. The largest absolute Gasteiger partial charge is 0.465 e. The van der Waals surface area contributed by atoms with E-state index in [4.69, 9.17) is 11.2 Å². The van der Waals surface area contributed by atoms with Crippen LogP contribution in [0.15, 0.2) is 91.1 Å². The average Bonchev–Trinajstić information content (AvgIpc) is 3.36. The molecular weight excluding hydrogens is 422 g/mol. The molecule has 0 spiro atoms. The Bertz CT molecular complexity index is 1540. The number of esters is 1. The first-order valence-corrected chi connectivity index (χ1v) is 10.8. The maximum atomic E-state index is 12.4. The van der Waals surface area contributed by atoms with E-state index in [1.807, 2.05) is 60.8 Å². The van der Waals surface area contributed by atoms with Gasteiger partial charge in [-0.15, -0.1) is 11.5 Å². The number of rotatable bonds is 5. The van der Waals surface area contributed by atoms with Crippen LogP contribution < -0.4 is 0 Å². The highest BCUT2D eigenvalue weighted by Crippen LogP contribution is 2.39. The van der Waals surface area contributed by atoms with Crippen LogP contribution in [0.1, 0.15) is 21.5 Å². The molecule has 0 N–H and O–H groups in total. The van der Waals surface area contributed by atoms with Gasteiger partial charge in [0.1, 0.15) is 5.69 Å². The fourth-order valence-electron chi connectivity index (χ4n) is 4.20. The number of carbonyl (C=O) groups excluding carboxylic acids is 1. The normalized spacial score (nSPS) is 10.7. The molecule has 0 aliphatic rings. The molecule has 0 unspecified atom stereocenters. The Balaban J connectivity index is 1.73. The second-order valence-electron chi connectivity index (χ2n) is 7.90. The number of benzene rings is 4. The Kier molecular flexibility index (Phi) is 5.63. The van der Waals surface area contributed by atoms with Crippen LogP contribution >= 0.6 is 0 Å². The Morgan fingerprint density at radius 3 is 2.53 bits per heavy atom. The highest BCUT2D eigenvalue weighted by molar-refractivity contribution is 6.03. The van der Waals surface area contributed by atoms with Gasteiger partial charge in [0.15, 0.2) is 0 Å². The first-order valence-electron chi connectivity index (χ1n) is 10.8. The highest BCUT2D eigenvalue weighted by Gasteiger charge is 2.20. The predicted octanol–water partition coefficient (Wildman–Crippen LogP) is 5.58. The summed E-state index contributed by atoms with van der Waals surface area (Å²) >= 11 is 0. The van der Waals surface area contributed by atoms with Gasteiger partial charge in [0.2, 0.25) is 0 Å². The molecule has 5 heteroatoms. The lowest BCUT2D eigenvalue weighted by Gasteiger charge is -2.15. The van der Waals surface area contributed by atoms with Crippen molar-refractivity contribution in [1.82, 2.24) is 15.0 Å². The molecule has 1 heterocycles. The van der Waals surface area contributed by atoms with E-state index < -0.39 is 5.97 Å². The maximum absolute atomic E-state index is 12.4. The highest BCUT2D eigenvalue weighted by atomic mass is 16.5. The number of carbonyl (C=O) groups is 1. The summed E-state index contributed by atoms with van der Waals surface area (Å²) in [5, 5.41) is 10.9. The molecule has 0 atom stereocenters. The van der Waals surface area contributed by atoms with Crippen LogP contribution in [0.2, 0.25) is 0 Å². The van der Waals surface area contributed by atoms with Crippen LogP contribution in [0.25, 0.3) is 33.2 Å². The number of nitrogens with zero attached hydrogens (tertiary/aromatic N) is 3. The summed E-state index contributed by atoms with van der Waals surface area (Å²) in [5.74, 6) is 2.31. The molecule has 4 aromatic carbocycles. The number of methoxy groups -OCH3 is 1.